The zero-order valence-electron chi connectivity index (χ0n) is 12.7. The second kappa shape index (κ2) is 4.84. The first-order chi connectivity index (χ1) is 10.3. The molecular weight excluding hydrogens is 304 g/mol. The highest BCUT2D eigenvalue weighted by atomic mass is 35.5. The summed E-state index contributed by atoms with van der Waals surface area (Å²) in [6, 6.07) is 5.42. The van der Waals surface area contributed by atoms with E-state index in [-0.39, 0.29) is 5.56 Å². The Morgan fingerprint density at radius 2 is 1.82 bits per heavy atom. The number of pyridine rings is 1. The summed E-state index contributed by atoms with van der Waals surface area (Å²) in [6.07, 6.45) is 0. The highest BCUT2D eigenvalue weighted by molar-refractivity contribution is 6.35. The second-order valence-corrected chi connectivity index (χ2v) is 5.80. The molecule has 0 spiro atoms. The Labute approximate surface area is 131 Å². The highest BCUT2D eigenvalue weighted by Gasteiger charge is 2.19. The fourth-order valence-electron chi connectivity index (χ4n) is 2.70. The van der Waals surface area contributed by atoms with Gasteiger partial charge < -0.3 is 4.90 Å². The number of aryl methyl sites for hydroxylation is 1. The third kappa shape index (κ3) is 1.84. The number of halogens is 1. The van der Waals surface area contributed by atoms with Crippen LogP contribution in [0.15, 0.2) is 27.8 Å². The van der Waals surface area contributed by atoms with Gasteiger partial charge in [0, 0.05) is 33.6 Å². The van der Waals surface area contributed by atoms with Crippen molar-refractivity contribution in [3.8, 4) is 0 Å². The third-order valence-electron chi connectivity index (χ3n) is 3.78. The van der Waals surface area contributed by atoms with Gasteiger partial charge in [-0.2, -0.15) is 0 Å². The molecule has 0 saturated heterocycles. The second-order valence-electron chi connectivity index (χ2n) is 5.40. The van der Waals surface area contributed by atoms with Crippen molar-refractivity contribution in [2.45, 2.75) is 0 Å². The van der Waals surface area contributed by atoms with Gasteiger partial charge in [0.2, 0.25) is 0 Å². The molecule has 2 heterocycles. The lowest BCUT2D eigenvalue weighted by molar-refractivity contribution is 0.708. The summed E-state index contributed by atoms with van der Waals surface area (Å²) >= 11 is 6.25. The van der Waals surface area contributed by atoms with Crippen molar-refractivity contribution in [2.75, 3.05) is 19.0 Å². The molecule has 1 aromatic carbocycles. The summed E-state index contributed by atoms with van der Waals surface area (Å²) < 4.78 is 2.46. The molecule has 0 N–H and O–H groups in total. The van der Waals surface area contributed by atoms with Crippen molar-refractivity contribution in [3.05, 3.63) is 44.1 Å². The first-order valence-electron chi connectivity index (χ1n) is 6.70. The van der Waals surface area contributed by atoms with Crippen LogP contribution >= 0.6 is 11.6 Å². The number of rotatable bonds is 1. The maximum Gasteiger partial charge on any atom is 0.332 e. The van der Waals surface area contributed by atoms with E-state index >= 15 is 0 Å². The molecule has 3 rings (SSSR count). The van der Waals surface area contributed by atoms with Crippen LogP contribution in [0.1, 0.15) is 0 Å². The van der Waals surface area contributed by atoms with E-state index in [4.69, 9.17) is 11.6 Å². The summed E-state index contributed by atoms with van der Waals surface area (Å²) in [6.45, 7) is 0. The Hall–Kier alpha value is -2.34. The predicted octanol–water partition coefficient (Wildman–Crippen LogP) is 1.50. The van der Waals surface area contributed by atoms with Crippen molar-refractivity contribution in [3.63, 3.8) is 0 Å². The van der Waals surface area contributed by atoms with Gasteiger partial charge in [0.1, 0.15) is 5.39 Å². The summed E-state index contributed by atoms with van der Waals surface area (Å²) in [5.74, 6) is 0. The quantitative estimate of drug-likeness (QED) is 0.638. The molecule has 3 aromatic rings. The highest BCUT2D eigenvalue weighted by Crippen LogP contribution is 2.33. The monoisotopic (exact) mass is 318 g/mol. The van der Waals surface area contributed by atoms with E-state index in [0.29, 0.717) is 27.3 Å². The van der Waals surface area contributed by atoms with Crippen LogP contribution < -0.4 is 16.1 Å². The Bertz CT molecular complexity index is 1030. The Morgan fingerprint density at radius 3 is 2.45 bits per heavy atom. The predicted molar refractivity (Wildman–Crippen MR) is 89.1 cm³/mol. The molecule has 0 aliphatic carbocycles. The van der Waals surface area contributed by atoms with Crippen LogP contribution in [-0.2, 0) is 14.1 Å². The summed E-state index contributed by atoms with van der Waals surface area (Å²) in [5.41, 5.74) is 0.831. The molecule has 0 bridgehead atoms. The number of benzene rings is 1. The average molecular weight is 319 g/mol. The summed E-state index contributed by atoms with van der Waals surface area (Å²) in [5, 5.41) is 1.67. The van der Waals surface area contributed by atoms with Crippen molar-refractivity contribution in [1.29, 1.82) is 0 Å². The molecule has 114 valence electrons. The number of aromatic nitrogens is 3. The topological polar surface area (TPSA) is 60.1 Å². The van der Waals surface area contributed by atoms with Gasteiger partial charge in [0.05, 0.1) is 16.2 Å². The Balaban J connectivity index is 2.77. The van der Waals surface area contributed by atoms with E-state index in [2.05, 4.69) is 4.98 Å². The van der Waals surface area contributed by atoms with Crippen molar-refractivity contribution < 1.29 is 0 Å². The number of hydrogen-bond acceptors (Lipinski definition) is 4. The molecule has 22 heavy (non-hydrogen) atoms. The molecule has 2 aromatic heterocycles. The molecule has 6 nitrogen and oxygen atoms in total. The average Bonchev–Trinajstić information content (AvgIpc) is 2.49. The smallest absolute Gasteiger partial charge is 0.332 e. The molecule has 7 heteroatoms. The van der Waals surface area contributed by atoms with Gasteiger partial charge in [-0.25, -0.2) is 9.78 Å². The molecule has 0 atom stereocenters. The number of para-hydroxylation sites is 1. The van der Waals surface area contributed by atoms with Gasteiger partial charge in [-0.1, -0.05) is 23.7 Å². The molecule has 0 fully saturated rings. The van der Waals surface area contributed by atoms with Gasteiger partial charge >= 0.3 is 5.69 Å². The molecule has 0 aliphatic rings. The van der Waals surface area contributed by atoms with Gasteiger partial charge in [0.15, 0.2) is 5.65 Å². The van der Waals surface area contributed by atoms with E-state index in [0.717, 1.165) is 9.95 Å². The van der Waals surface area contributed by atoms with Crippen LogP contribution in [-0.4, -0.2) is 28.2 Å². The maximum absolute atomic E-state index is 12.6. The fourth-order valence-corrected chi connectivity index (χ4v) is 2.91. The number of hydrogen-bond donors (Lipinski definition) is 0. The zero-order valence-corrected chi connectivity index (χ0v) is 13.5. The van der Waals surface area contributed by atoms with Gasteiger partial charge in [-0.15, -0.1) is 0 Å². The lowest BCUT2D eigenvalue weighted by Gasteiger charge is -2.19. The lowest BCUT2D eigenvalue weighted by Crippen LogP contribution is -2.38. The minimum Gasteiger partial charge on any atom is -0.376 e. The molecule has 0 amide bonds. The molecule has 0 radical (unpaired) electrons. The summed E-state index contributed by atoms with van der Waals surface area (Å²) in [7, 11) is 6.75. The normalized spacial score (nSPS) is 11.3. The van der Waals surface area contributed by atoms with Crippen LogP contribution in [0.2, 0.25) is 5.02 Å². The Morgan fingerprint density at radius 1 is 1.14 bits per heavy atom. The standard InChI is InChI=1S/C15H15ClN4O2/c1-18(2)12-8-6-5-7-9(16)11(8)17-13-10(12)14(21)20(4)15(22)19(13)3/h5-7H,1-4H3. The Kier molecular flexibility index (Phi) is 3.21. The van der Waals surface area contributed by atoms with E-state index in [1.54, 1.807) is 13.1 Å². The number of fused-ring (bicyclic) bond motifs is 2. The third-order valence-corrected chi connectivity index (χ3v) is 4.08. The van der Waals surface area contributed by atoms with E-state index in [9.17, 15) is 9.59 Å². The molecule has 0 saturated carbocycles. The van der Waals surface area contributed by atoms with Crippen molar-refractivity contribution in [1.82, 2.24) is 14.1 Å². The minimum atomic E-state index is -0.416. The van der Waals surface area contributed by atoms with Gasteiger partial charge in [0.25, 0.3) is 5.56 Å². The number of anilines is 1. The fraction of sp³-hybridized carbons (Fsp3) is 0.267. The lowest BCUT2D eigenvalue weighted by atomic mass is 10.1. The molecular formula is C15H15ClN4O2. The first-order valence-corrected chi connectivity index (χ1v) is 7.07. The van der Waals surface area contributed by atoms with E-state index in [1.807, 2.05) is 31.1 Å². The largest absolute Gasteiger partial charge is 0.376 e. The van der Waals surface area contributed by atoms with Gasteiger partial charge in [-0.3, -0.25) is 13.9 Å². The minimum absolute atomic E-state index is 0.331. The maximum atomic E-state index is 12.6. The molecule has 0 aliphatic heterocycles. The van der Waals surface area contributed by atoms with Crippen molar-refractivity contribution >= 4 is 39.2 Å². The summed E-state index contributed by atoms with van der Waals surface area (Å²) in [4.78, 5) is 31.1. The van der Waals surface area contributed by atoms with Crippen LogP contribution in [0.5, 0.6) is 0 Å². The zero-order chi connectivity index (χ0) is 16.2. The van der Waals surface area contributed by atoms with E-state index in [1.165, 1.54) is 11.6 Å². The van der Waals surface area contributed by atoms with Crippen LogP contribution in [0.3, 0.4) is 0 Å². The van der Waals surface area contributed by atoms with Crippen LogP contribution in [0, 0.1) is 0 Å². The first kappa shape index (κ1) is 14.6. The van der Waals surface area contributed by atoms with Crippen molar-refractivity contribution in [2.24, 2.45) is 14.1 Å². The molecule has 0 unspecified atom stereocenters. The number of nitrogens with zero attached hydrogens (tertiary/aromatic N) is 4. The van der Waals surface area contributed by atoms with Crippen LogP contribution in [0.4, 0.5) is 5.69 Å². The van der Waals surface area contributed by atoms with Crippen LogP contribution in [0.25, 0.3) is 21.9 Å². The van der Waals surface area contributed by atoms with Gasteiger partial charge in [-0.05, 0) is 6.07 Å². The SMILES string of the molecule is CN(C)c1c2cccc(Cl)c2nc2c1c(=O)n(C)c(=O)n2C. The van der Waals surface area contributed by atoms with E-state index < -0.39 is 5.69 Å².